The van der Waals surface area contributed by atoms with Crippen LogP contribution < -0.4 is 30.2 Å². The van der Waals surface area contributed by atoms with Crippen LogP contribution in [0.4, 0.5) is 4.79 Å². The van der Waals surface area contributed by atoms with Crippen LogP contribution in [0.15, 0.2) is 109 Å². The summed E-state index contributed by atoms with van der Waals surface area (Å²) >= 11 is 0. The van der Waals surface area contributed by atoms with Crippen molar-refractivity contribution in [2.75, 3.05) is 39.6 Å². The third-order valence-corrected chi connectivity index (χ3v) is 11.8. The third-order valence-electron chi connectivity index (χ3n) is 11.8. The largest absolute Gasteiger partial charge is 0.441 e. The standard InChI is InChI=1S/C21H31NO6.C21H31NO5.C19H27NO5.3C2H6.3CO2/c1-3-5-6-7-8-9-20(25)27-17-12-10-16(11-13-17)19(4-2)22-21(26)28-18(14-23)15-24;1-3-5-6-7-8-9-20(25)27-18-12-10-16(11-13-18)19(4-2)22-21(26)17(14-23)15-24;1-2-3-4-5-6-7-18(23)25-17-10-8-15(9-11-17)12-20-19(24)16(13-21)14-22;3*1-2;3*2-1-3/h5-6,10-13,18-19,23-24H,3-4,7-9,14-15H2,1-2H3,(H,22,26);5-6,10-13,17,19,23-24H,3-4,7-9,14-15H2,1-2H3,(H,22,26);3-4,8-11,16,21-22H,2,5-7,12-14H2,1H3,(H,20,24);3*1-2H3;;;/b2*6-5-;4-3-;;;;;;. The zero-order valence-electron chi connectivity index (χ0n) is 57.3. The van der Waals surface area contributed by atoms with E-state index in [1.165, 1.54) is 0 Å². The second kappa shape index (κ2) is 72.8. The first-order chi connectivity index (χ1) is 45.9. The van der Waals surface area contributed by atoms with E-state index in [0.717, 1.165) is 74.5 Å². The topological polar surface area (TPSA) is 399 Å². The van der Waals surface area contributed by atoms with Crippen LogP contribution in [0.1, 0.15) is 195 Å². The fourth-order valence-electron chi connectivity index (χ4n) is 7.08. The predicted octanol–water partition coefficient (Wildman–Crippen LogP) is 9.43. The minimum atomic E-state index is -0.947. The van der Waals surface area contributed by atoms with Crippen molar-refractivity contribution in [1.29, 1.82) is 0 Å². The van der Waals surface area contributed by atoms with Gasteiger partial charge in [0.05, 0.1) is 63.6 Å². The highest BCUT2D eigenvalue weighted by Crippen LogP contribution is 2.23. The van der Waals surface area contributed by atoms with Crippen molar-refractivity contribution in [1.82, 2.24) is 16.0 Å². The van der Waals surface area contributed by atoms with Crippen molar-refractivity contribution in [3.8, 4) is 17.2 Å². The van der Waals surface area contributed by atoms with Crippen molar-refractivity contribution in [2.24, 2.45) is 11.8 Å². The van der Waals surface area contributed by atoms with Gasteiger partial charge in [-0.25, -0.2) is 4.79 Å². The molecular formula is C70H107N3O22. The highest BCUT2D eigenvalue weighted by molar-refractivity contribution is 5.80. The van der Waals surface area contributed by atoms with E-state index in [1.54, 1.807) is 72.8 Å². The summed E-state index contributed by atoms with van der Waals surface area (Å²) in [5.41, 5.74) is 2.52. The van der Waals surface area contributed by atoms with Gasteiger partial charge >= 0.3 is 42.5 Å². The maximum atomic E-state index is 12.0. The van der Waals surface area contributed by atoms with Gasteiger partial charge in [-0.1, -0.05) is 149 Å². The Morgan fingerprint density at radius 3 is 1.00 bits per heavy atom. The molecule has 0 radical (unpaired) electrons. The zero-order chi connectivity index (χ0) is 73.5. The highest BCUT2D eigenvalue weighted by Gasteiger charge is 2.22. The number of carbonyl (C=O) groups is 6. The number of aliphatic hydroxyl groups excluding tert-OH is 6. The Balaban J connectivity index is -0.000000282. The van der Waals surface area contributed by atoms with Crippen LogP contribution >= 0.6 is 0 Å². The van der Waals surface area contributed by atoms with Gasteiger partial charge in [-0.3, -0.25) is 24.0 Å². The van der Waals surface area contributed by atoms with Gasteiger partial charge in [0.15, 0.2) is 0 Å². The normalized spacial score (nSPS) is 10.4. The van der Waals surface area contributed by atoms with Gasteiger partial charge in [0, 0.05) is 25.8 Å². The molecule has 0 saturated heterocycles. The number of carbonyl (C=O) groups excluding carboxylic acids is 12. The van der Waals surface area contributed by atoms with Gasteiger partial charge in [-0.2, -0.15) is 28.8 Å². The Kier molecular flexibility index (Phi) is 74.7. The minimum Gasteiger partial charge on any atom is -0.441 e. The molecule has 3 rings (SSSR count). The summed E-state index contributed by atoms with van der Waals surface area (Å²) in [6, 6.07) is 20.2. The summed E-state index contributed by atoms with van der Waals surface area (Å²) in [6.07, 6.45) is 21.7. The molecule has 95 heavy (non-hydrogen) atoms. The van der Waals surface area contributed by atoms with Crippen molar-refractivity contribution in [3.05, 3.63) is 126 Å². The summed E-state index contributed by atoms with van der Waals surface area (Å²) in [5, 5.41) is 62.2. The van der Waals surface area contributed by atoms with Crippen LogP contribution in [0.25, 0.3) is 0 Å². The molecule has 0 aliphatic carbocycles. The summed E-state index contributed by atoms with van der Waals surface area (Å²) in [6.45, 7) is 19.8. The molecule has 0 bridgehead atoms. The van der Waals surface area contributed by atoms with Crippen LogP contribution in [0.3, 0.4) is 0 Å². The Hall–Kier alpha value is -8.60. The first kappa shape index (κ1) is 97.5. The highest BCUT2D eigenvalue weighted by atomic mass is 16.6. The molecule has 0 aliphatic heterocycles. The summed E-state index contributed by atoms with van der Waals surface area (Å²) < 4.78 is 20.8. The average Bonchev–Trinajstić information content (AvgIpc) is 1.03. The molecule has 0 spiro atoms. The van der Waals surface area contributed by atoms with E-state index in [-0.39, 0.29) is 60.9 Å². The fraction of sp³-hybridized carbons (Fsp3) is 0.529. The van der Waals surface area contributed by atoms with Crippen LogP contribution in [0, 0.1) is 11.8 Å². The van der Waals surface area contributed by atoms with Crippen molar-refractivity contribution < 1.29 is 107 Å². The van der Waals surface area contributed by atoms with Crippen molar-refractivity contribution >= 4 is 54.3 Å². The van der Waals surface area contributed by atoms with Crippen LogP contribution in [-0.4, -0.2) is 131 Å². The molecule has 534 valence electrons. The number of benzene rings is 3. The molecule has 3 aromatic rings. The lowest BCUT2D eigenvalue weighted by atomic mass is 10.0. The van der Waals surface area contributed by atoms with Gasteiger partial charge in [0.2, 0.25) is 11.8 Å². The lowest BCUT2D eigenvalue weighted by Crippen LogP contribution is -2.37. The van der Waals surface area contributed by atoms with E-state index in [0.29, 0.717) is 49.4 Å². The fourth-order valence-corrected chi connectivity index (χ4v) is 7.08. The summed E-state index contributed by atoms with van der Waals surface area (Å²) in [5.74, 6) is -1.84. The number of hydrogen-bond donors (Lipinski definition) is 9. The molecule has 25 nitrogen and oxygen atoms in total. The van der Waals surface area contributed by atoms with Gasteiger partial charge in [0.25, 0.3) is 0 Å². The number of alkyl carbamates (subject to hydrolysis) is 1. The molecule has 2 atom stereocenters. The van der Waals surface area contributed by atoms with E-state index in [9.17, 15) is 28.8 Å². The number of amides is 3. The van der Waals surface area contributed by atoms with Crippen molar-refractivity contribution in [3.63, 3.8) is 0 Å². The second-order valence-electron chi connectivity index (χ2n) is 18.6. The molecule has 0 heterocycles. The smallest absolute Gasteiger partial charge is 0.408 e. The number of esters is 3. The molecule has 0 saturated carbocycles. The lowest BCUT2D eigenvalue weighted by molar-refractivity contribution is -0.193. The van der Waals surface area contributed by atoms with Crippen LogP contribution in [-0.2, 0) is 64.0 Å². The van der Waals surface area contributed by atoms with Crippen LogP contribution in [0.5, 0.6) is 17.2 Å². The average molecular weight is 1340 g/mol. The maximum Gasteiger partial charge on any atom is 0.408 e. The van der Waals surface area contributed by atoms with Crippen molar-refractivity contribution in [2.45, 2.75) is 191 Å². The predicted molar refractivity (Wildman–Crippen MR) is 354 cm³/mol. The number of ether oxygens (including phenoxy) is 4. The molecule has 0 fully saturated rings. The van der Waals surface area contributed by atoms with Gasteiger partial charge in [0.1, 0.15) is 23.4 Å². The summed E-state index contributed by atoms with van der Waals surface area (Å²) in [4.78, 5) is 120. The van der Waals surface area contributed by atoms with Gasteiger partial charge in [-0.05, 0) is 124 Å². The molecule has 2 unspecified atom stereocenters. The van der Waals surface area contributed by atoms with Gasteiger partial charge < -0.3 is 65.5 Å². The van der Waals surface area contributed by atoms with E-state index in [1.807, 2.05) is 55.4 Å². The Morgan fingerprint density at radius 2 is 0.716 bits per heavy atom. The van der Waals surface area contributed by atoms with Crippen LogP contribution in [0.2, 0.25) is 0 Å². The third kappa shape index (κ3) is 55.6. The number of hydrogen-bond acceptors (Lipinski definition) is 22. The molecule has 25 heteroatoms. The first-order valence-electron chi connectivity index (χ1n) is 32.0. The van der Waals surface area contributed by atoms with E-state index < -0.39 is 69.6 Å². The Labute approximate surface area is 560 Å². The molecule has 9 N–H and O–H groups in total. The molecule has 0 aromatic heterocycles. The second-order valence-corrected chi connectivity index (χ2v) is 18.6. The number of unbranched alkanes of at least 4 members (excludes halogenated alkanes) is 3. The Bertz CT molecular complexity index is 2530. The minimum absolute atomic E-state index is 0.242. The summed E-state index contributed by atoms with van der Waals surface area (Å²) in [7, 11) is 0. The van der Waals surface area contributed by atoms with E-state index in [2.05, 4.69) is 73.2 Å². The number of rotatable bonds is 35. The quantitative estimate of drug-likeness (QED) is 0.0114. The SMILES string of the molecule is CC.CC.CC.CC/C=C\CCCC(=O)Oc1ccc(C(CC)NC(=O)C(CO)CO)cc1.CC/C=C\CCCC(=O)Oc1ccc(C(CC)NC(=O)OC(CO)CO)cc1.CC/C=C\CCCC(=O)Oc1ccc(CNC(=O)C(CO)CO)cc1.O=C=O.O=C=O.O=C=O. The molecule has 3 aromatic carbocycles. The first-order valence-corrected chi connectivity index (χ1v) is 32.0. The Morgan fingerprint density at radius 1 is 0.421 bits per heavy atom. The molecule has 3 amide bonds. The number of allylic oxidation sites excluding steroid dienone is 6. The molecular weight excluding hydrogens is 1230 g/mol. The van der Waals surface area contributed by atoms with E-state index in [4.69, 9.17) is 78.4 Å². The maximum absolute atomic E-state index is 12.0. The monoisotopic (exact) mass is 1340 g/mol. The van der Waals surface area contributed by atoms with E-state index >= 15 is 0 Å². The number of aliphatic hydroxyl groups is 6. The number of nitrogens with one attached hydrogen (secondary N) is 3. The lowest BCUT2D eigenvalue weighted by Gasteiger charge is -2.20. The van der Waals surface area contributed by atoms with Gasteiger partial charge in [-0.15, -0.1) is 0 Å². The molecule has 0 aliphatic rings. The zero-order valence-corrected chi connectivity index (χ0v) is 57.3.